The van der Waals surface area contributed by atoms with E-state index in [-0.39, 0.29) is 28.7 Å². The highest BCUT2D eigenvalue weighted by molar-refractivity contribution is 5.84. The zero-order valence-electron chi connectivity index (χ0n) is 20.0. The molecule has 1 aliphatic rings. The van der Waals surface area contributed by atoms with E-state index >= 15 is 0 Å². The number of aliphatic hydroxyl groups is 3. The number of hydrazone groups is 1. The van der Waals surface area contributed by atoms with E-state index in [0.29, 0.717) is 24.3 Å². The summed E-state index contributed by atoms with van der Waals surface area (Å²) in [5.41, 5.74) is 8.23. The first-order chi connectivity index (χ1) is 17.7. The highest BCUT2D eigenvalue weighted by Gasteiger charge is 2.45. The van der Waals surface area contributed by atoms with E-state index in [0.717, 1.165) is 0 Å². The smallest absolute Gasteiger partial charge is 0.293 e. The third-order valence-corrected chi connectivity index (χ3v) is 6.02. The number of rotatable bonds is 9. The summed E-state index contributed by atoms with van der Waals surface area (Å²) in [7, 11) is 0. The number of nitrogens with one attached hydrogen (secondary N) is 2. The van der Waals surface area contributed by atoms with Crippen LogP contribution in [-0.4, -0.2) is 84.0 Å². The maximum absolute atomic E-state index is 12.4. The van der Waals surface area contributed by atoms with Crippen molar-refractivity contribution < 1.29 is 25.0 Å². The number of nitrogens with zero attached hydrogens (tertiary/aromatic N) is 6. The van der Waals surface area contributed by atoms with Crippen molar-refractivity contribution in [3.05, 3.63) is 44.2 Å². The minimum absolute atomic E-state index is 0.0620. The molecule has 0 saturated carbocycles. The number of ether oxygens (including phenoxy) is 1. The number of H-pyrrole nitrogens is 1. The van der Waals surface area contributed by atoms with Gasteiger partial charge in [0.1, 0.15) is 24.0 Å². The number of nitro benzene ring substituents is 1. The molecule has 37 heavy (non-hydrogen) atoms. The summed E-state index contributed by atoms with van der Waals surface area (Å²) in [4.78, 5) is 36.0. The molecule has 4 atom stereocenters. The molecule has 7 N–H and O–H groups in total. The Labute approximate surface area is 209 Å². The molecular weight excluding hydrogens is 490 g/mol. The number of aromatic amines is 1. The molecule has 16 nitrogen and oxygen atoms in total. The van der Waals surface area contributed by atoms with Crippen molar-refractivity contribution in [2.75, 3.05) is 35.8 Å². The second-order valence-corrected chi connectivity index (χ2v) is 8.21. The van der Waals surface area contributed by atoms with Crippen LogP contribution in [0.4, 0.5) is 23.3 Å². The van der Waals surface area contributed by atoms with Crippen LogP contribution in [0.5, 0.6) is 0 Å². The van der Waals surface area contributed by atoms with Crippen molar-refractivity contribution in [3.8, 4) is 0 Å². The fourth-order valence-electron chi connectivity index (χ4n) is 4.18. The Morgan fingerprint density at radius 3 is 2.68 bits per heavy atom. The van der Waals surface area contributed by atoms with Gasteiger partial charge >= 0.3 is 0 Å². The van der Waals surface area contributed by atoms with Crippen LogP contribution in [0.25, 0.3) is 11.2 Å². The third-order valence-electron chi connectivity index (χ3n) is 6.02. The monoisotopic (exact) mass is 517 g/mol. The summed E-state index contributed by atoms with van der Waals surface area (Å²) in [5, 5.41) is 45.9. The summed E-state index contributed by atoms with van der Waals surface area (Å²) in [6.07, 6.45) is -4.01. The number of imidazole rings is 1. The van der Waals surface area contributed by atoms with Gasteiger partial charge in [-0.2, -0.15) is 10.1 Å². The van der Waals surface area contributed by atoms with Crippen molar-refractivity contribution >= 4 is 40.6 Å². The van der Waals surface area contributed by atoms with Gasteiger partial charge in [-0.15, -0.1) is 0 Å². The maximum Gasteiger partial charge on any atom is 0.293 e. The van der Waals surface area contributed by atoms with Crippen molar-refractivity contribution in [2.24, 2.45) is 5.10 Å². The molecule has 0 amide bonds. The molecule has 16 heteroatoms. The number of nitrogen functional groups attached to an aromatic ring is 1. The Balaban J connectivity index is 1.71. The minimum Gasteiger partial charge on any atom is -0.394 e. The van der Waals surface area contributed by atoms with E-state index in [1.165, 1.54) is 16.8 Å². The molecule has 1 aromatic carbocycles. The van der Waals surface area contributed by atoms with Crippen LogP contribution in [-0.2, 0) is 4.74 Å². The highest BCUT2D eigenvalue weighted by atomic mass is 16.6. The van der Waals surface area contributed by atoms with Crippen LogP contribution in [0, 0.1) is 10.1 Å². The fourth-order valence-corrected chi connectivity index (χ4v) is 4.18. The van der Waals surface area contributed by atoms with E-state index < -0.39 is 41.6 Å². The van der Waals surface area contributed by atoms with Gasteiger partial charge in [0.05, 0.1) is 17.7 Å². The summed E-state index contributed by atoms with van der Waals surface area (Å²) >= 11 is 0. The molecule has 0 aliphatic carbocycles. The predicted octanol–water partition coefficient (Wildman–Crippen LogP) is -0.486. The first-order valence-electron chi connectivity index (χ1n) is 11.4. The van der Waals surface area contributed by atoms with Gasteiger partial charge in [-0.1, -0.05) is 6.07 Å². The normalized spacial score (nSPS) is 21.6. The Kier molecular flexibility index (Phi) is 7.35. The highest BCUT2D eigenvalue weighted by Crippen LogP contribution is 2.34. The number of nitro groups is 1. The van der Waals surface area contributed by atoms with Gasteiger partial charge in [0.15, 0.2) is 17.4 Å². The third kappa shape index (κ3) is 4.82. The van der Waals surface area contributed by atoms with Crippen molar-refractivity contribution in [1.29, 1.82) is 0 Å². The lowest BCUT2D eigenvalue weighted by Crippen LogP contribution is -2.33. The van der Waals surface area contributed by atoms with E-state index in [1.54, 1.807) is 12.1 Å². The molecular formula is C21H27N9O7. The first-order valence-corrected chi connectivity index (χ1v) is 11.4. The molecule has 0 bridgehead atoms. The zero-order chi connectivity index (χ0) is 26.9. The van der Waals surface area contributed by atoms with Crippen LogP contribution in [0.1, 0.15) is 25.6 Å². The second-order valence-electron chi connectivity index (χ2n) is 8.21. The molecule has 0 unspecified atom stereocenters. The minimum atomic E-state index is -1.50. The summed E-state index contributed by atoms with van der Waals surface area (Å²) in [6.45, 7) is 4.43. The maximum atomic E-state index is 12.4. The average molecular weight is 518 g/mol. The van der Waals surface area contributed by atoms with Gasteiger partial charge in [0.25, 0.3) is 11.2 Å². The topological polar surface area (TPSA) is 230 Å². The number of aliphatic hydroxyl groups excluding tert-OH is 3. The number of hydrogen-bond donors (Lipinski definition) is 6. The van der Waals surface area contributed by atoms with Gasteiger partial charge in [-0.05, 0) is 19.9 Å². The molecule has 198 valence electrons. The van der Waals surface area contributed by atoms with E-state index in [1.807, 2.05) is 18.7 Å². The molecule has 1 saturated heterocycles. The summed E-state index contributed by atoms with van der Waals surface area (Å²) < 4.78 is 6.77. The number of hydrogen-bond acceptors (Lipinski definition) is 13. The van der Waals surface area contributed by atoms with Gasteiger partial charge in [0, 0.05) is 24.7 Å². The largest absolute Gasteiger partial charge is 0.394 e. The van der Waals surface area contributed by atoms with Gasteiger partial charge < -0.3 is 30.7 Å². The molecule has 1 aliphatic heterocycles. The Morgan fingerprint density at radius 1 is 1.32 bits per heavy atom. The van der Waals surface area contributed by atoms with E-state index in [9.17, 15) is 30.2 Å². The van der Waals surface area contributed by atoms with Gasteiger partial charge in [0.2, 0.25) is 11.9 Å². The molecule has 3 heterocycles. The fraction of sp³-hybridized carbons (Fsp3) is 0.429. The number of anilines is 3. The molecule has 0 spiro atoms. The average Bonchev–Trinajstić information content (AvgIpc) is 3.36. The van der Waals surface area contributed by atoms with Crippen LogP contribution >= 0.6 is 0 Å². The Bertz CT molecular complexity index is 1380. The molecule has 0 radical (unpaired) electrons. The molecule has 2 aromatic heterocycles. The lowest BCUT2D eigenvalue weighted by Gasteiger charge is -2.20. The van der Waals surface area contributed by atoms with Crippen molar-refractivity contribution in [2.45, 2.75) is 38.4 Å². The second kappa shape index (κ2) is 10.5. The number of aromatic nitrogens is 4. The van der Waals surface area contributed by atoms with Crippen LogP contribution in [0.15, 0.2) is 28.1 Å². The van der Waals surface area contributed by atoms with Crippen LogP contribution in [0.2, 0.25) is 0 Å². The lowest BCUT2D eigenvalue weighted by molar-refractivity contribution is -0.384. The van der Waals surface area contributed by atoms with Gasteiger partial charge in [-0.3, -0.25) is 24.5 Å². The SMILES string of the molecule is CCN(CC)c1ccc(/C=N\Nc2nc3c(=O)[nH]c(N)nc3n2[C@H]2O[C@@H](CO)[C@@H](O)[C@@H]2O)cc1[N+](=O)[O-]. The van der Waals surface area contributed by atoms with Gasteiger partial charge in [-0.25, -0.2) is 10.4 Å². The number of nitrogens with two attached hydrogens (primary N) is 1. The molecule has 1 fully saturated rings. The Morgan fingerprint density at radius 2 is 2.05 bits per heavy atom. The van der Waals surface area contributed by atoms with Crippen molar-refractivity contribution in [3.63, 3.8) is 0 Å². The zero-order valence-corrected chi connectivity index (χ0v) is 20.0. The van der Waals surface area contributed by atoms with Crippen molar-refractivity contribution in [1.82, 2.24) is 19.5 Å². The predicted molar refractivity (Wildman–Crippen MR) is 133 cm³/mol. The van der Waals surface area contributed by atoms with Crippen LogP contribution in [0.3, 0.4) is 0 Å². The Hall–Kier alpha value is -4.12. The van der Waals surface area contributed by atoms with Crippen LogP contribution < -0.4 is 21.6 Å². The lowest BCUT2D eigenvalue weighted by atomic mass is 10.1. The van der Waals surface area contributed by atoms with E-state index in [2.05, 4.69) is 25.5 Å². The number of fused-ring (bicyclic) bond motifs is 1. The first kappa shape index (κ1) is 26.0. The van der Waals surface area contributed by atoms with E-state index in [4.69, 9.17) is 10.5 Å². The summed E-state index contributed by atoms with van der Waals surface area (Å²) in [5.74, 6) is -0.319. The molecule has 3 aromatic rings. The summed E-state index contributed by atoms with van der Waals surface area (Å²) in [6, 6.07) is 4.67. The molecule has 4 rings (SSSR count). The number of benzene rings is 1. The standard InChI is InChI=1S/C21H27N9O7/c1-3-28(4-2)11-6-5-10(7-12(11)30(35)36)8-23-27-21-24-14-17(25-20(22)26-18(14)34)29(21)19-16(33)15(32)13(9-31)37-19/h5-8,13,15-16,19,31-33H,3-4,9H2,1-2H3,(H,24,27)(H3,22,25,26,34)/b23-8-/t13-,15+,16-,19-/m0/s1. The quantitative estimate of drug-likeness (QED) is 0.120.